The summed E-state index contributed by atoms with van der Waals surface area (Å²) in [6, 6.07) is 9.46. The van der Waals surface area contributed by atoms with Gasteiger partial charge in [-0.2, -0.15) is 0 Å². The van der Waals surface area contributed by atoms with Gasteiger partial charge in [-0.25, -0.2) is 0 Å². The maximum Gasteiger partial charge on any atom is 0.226 e. The van der Waals surface area contributed by atoms with Gasteiger partial charge in [0, 0.05) is 31.1 Å². The molecule has 0 radical (unpaired) electrons. The molecule has 3 nitrogen and oxygen atoms in total. The Balaban J connectivity index is 1.55. The summed E-state index contributed by atoms with van der Waals surface area (Å²) in [5.74, 6) is 1.76. The van der Waals surface area contributed by atoms with Crippen LogP contribution in [0, 0.1) is 11.8 Å². The fraction of sp³-hybridized carbons (Fsp3) is 0.611. The lowest BCUT2D eigenvalue weighted by Crippen LogP contribution is -2.56. The van der Waals surface area contributed by atoms with Gasteiger partial charge >= 0.3 is 0 Å². The van der Waals surface area contributed by atoms with Gasteiger partial charge in [-0.15, -0.1) is 0 Å². The molecule has 21 heavy (non-hydrogen) atoms. The van der Waals surface area contributed by atoms with Gasteiger partial charge in [-0.3, -0.25) is 4.79 Å². The third-order valence-corrected chi connectivity index (χ3v) is 5.66. The van der Waals surface area contributed by atoms with Crippen LogP contribution < -0.4 is 5.32 Å². The summed E-state index contributed by atoms with van der Waals surface area (Å²) in [5.41, 5.74) is 2.92. The molecule has 4 rings (SSSR count). The third kappa shape index (κ3) is 2.10. The van der Waals surface area contributed by atoms with Crippen molar-refractivity contribution in [1.29, 1.82) is 0 Å². The van der Waals surface area contributed by atoms with Crippen molar-refractivity contribution >= 4 is 5.91 Å². The highest BCUT2D eigenvalue weighted by Gasteiger charge is 2.58. The highest BCUT2D eigenvalue weighted by Crippen LogP contribution is 2.60. The van der Waals surface area contributed by atoms with E-state index >= 15 is 0 Å². The van der Waals surface area contributed by atoms with Crippen LogP contribution in [0.2, 0.25) is 0 Å². The molecule has 112 valence electrons. The van der Waals surface area contributed by atoms with Crippen molar-refractivity contribution in [2.24, 2.45) is 11.8 Å². The normalized spacial score (nSPS) is 37.6. The summed E-state index contributed by atoms with van der Waals surface area (Å²) >= 11 is 0. The van der Waals surface area contributed by atoms with Crippen molar-refractivity contribution in [2.75, 3.05) is 13.1 Å². The number of aryl methyl sites for hydroxylation is 1. The smallest absolute Gasteiger partial charge is 0.226 e. The Labute approximate surface area is 126 Å². The molecule has 2 aliphatic carbocycles. The van der Waals surface area contributed by atoms with Crippen molar-refractivity contribution in [3.63, 3.8) is 0 Å². The number of amides is 1. The molecule has 1 aromatic rings. The van der Waals surface area contributed by atoms with Crippen molar-refractivity contribution in [1.82, 2.24) is 10.2 Å². The number of benzene rings is 1. The fourth-order valence-corrected chi connectivity index (χ4v) is 4.42. The lowest BCUT2D eigenvalue weighted by molar-refractivity contribution is -0.136. The first kappa shape index (κ1) is 13.3. The molecule has 1 amide bonds. The largest absolute Gasteiger partial charge is 0.337 e. The molecule has 5 unspecified atom stereocenters. The van der Waals surface area contributed by atoms with Gasteiger partial charge in [0.1, 0.15) is 0 Å². The monoisotopic (exact) mass is 284 g/mol. The Morgan fingerprint density at radius 2 is 2.10 bits per heavy atom. The second-order valence-electron chi connectivity index (χ2n) is 7.10. The summed E-state index contributed by atoms with van der Waals surface area (Å²) in [6.07, 6.45) is 2.34. The van der Waals surface area contributed by atoms with Crippen LogP contribution in [-0.4, -0.2) is 36.0 Å². The summed E-state index contributed by atoms with van der Waals surface area (Å²) in [4.78, 5) is 15.1. The molecule has 2 fully saturated rings. The number of hydrogen-bond donors (Lipinski definition) is 1. The van der Waals surface area contributed by atoms with E-state index in [1.54, 1.807) is 0 Å². The number of rotatable bonds is 1. The highest BCUT2D eigenvalue weighted by molar-refractivity contribution is 5.84. The second kappa shape index (κ2) is 4.84. The quantitative estimate of drug-likeness (QED) is 0.857. The topological polar surface area (TPSA) is 32.3 Å². The van der Waals surface area contributed by atoms with E-state index in [0.29, 0.717) is 29.8 Å². The first-order valence-electron chi connectivity index (χ1n) is 8.28. The average Bonchev–Trinajstić information content (AvgIpc) is 3.24. The van der Waals surface area contributed by atoms with E-state index in [9.17, 15) is 4.79 Å². The lowest BCUT2D eigenvalue weighted by atomic mass is 9.92. The van der Waals surface area contributed by atoms with Crippen molar-refractivity contribution in [3.05, 3.63) is 35.4 Å². The average molecular weight is 284 g/mol. The molecule has 1 heterocycles. The van der Waals surface area contributed by atoms with E-state index < -0.39 is 0 Å². The van der Waals surface area contributed by atoms with Gasteiger partial charge in [0.25, 0.3) is 0 Å². The SMILES string of the molecule is CC1CN(C(=O)C2C3CCc4ccccc4C32)C(C)CN1. The molecule has 5 atom stereocenters. The van der Waals surface area contributed by atoms with E-state index in [1.165, 1.54) is 17.5 Å². The number of hydrogen-bond acceptors (Lipinski definition) is 2. The minimum absolute atomic E-state index is 0.251. The lowest BCUT2D eigenvalue weighted by Gasteiger charge is -2.38. The maximum absolute atomic E-state index is 13.0. The number of fused-ring (bicyclic) bond motifs is 3. The first-order valence-corrected chi connectivity index (χ1v) is 8.28. The number of nitrogens with zero attached hydrogens (tertiary/aromatic N) is 1. The molecule has 0 bridgehead atoms. The zero-order chi connectivity index (χ0) is 14.6. The van der Waals surface area contributed by atoms with Crippen LogP contribution in [0.15, 0.2) is 24.3 Å². The predicted molar refractivity (Wildman–Crippen MR) is 83.1 cm³/mol. The molecule has 1 saturated heterocycles. The zero-order valence-electron chi connectivity index (χ0n) is 12.9. The van der Waals surface area contributed by atoms with Crippen LogP contribution in [0.3, 0.4) is 0 Å². The van der Waals surface area contributed by atoms with E-state index in [4.69, 9.17) is 0 Å². The molecule has 3 aliphatic rings. The molecular formula is C18H24N2O. The van der Waals surface area contributed by atoms with Gasteiger partial charge in [-0.05, 0) is 49.7 Å². The van der Waals surface area contributed by atoms with E-state index in [-0.39, 0.29) is 5.92 Å². The molecule has 1 aromatic carbocycles. The molecule has 0 aromatic heterocycles. The van der Waals surface area contributed by atoms with Crippen LogP contribution >= 0.6 is 0 Å². The van der Waals surface area contributed by atoms with Gasteiger partial charge in [0.15, 0.2) is 0 Å². The minimum Gasteiger partial charge on any atom is -0.337 e. The van der Waals surface area contributed by atoms with Crippen LogP contribution in [0.25, 0.3) is 0 Å². The van der Waals surface area contributed by atoms with Gasteiger partial charge in [0.2, 0.25) is 5.91 Å². The molecule has 0 spiro atoms. The predicted octanol–water partition coefficient (Wildman–Crippen LogP) is 2.17. The van der Waals surface area contributed by atoms with Gasteiger partial charge < -0.3 is 10.2 Å². The van der Waals surface area contributed by atoms with Crippen LogP contribution in [0.5, 0.6) is 0 Å². The Morgan fingerprint density at radius 3 is 2.95 bits per heavy atom. The Kier molecular flexibility index (Phi) is 3.07. The first-order chi connectivity index (χ1) is 10.2. The second-order valence-corrected chi connectivity index (χ2v) is 7.10. The zero-order valence-corrected chi connectivity index (χ0v) is 12.9. The van der Waals surface area contributed by atoms with E-state index in [0.717, 1.165) is 19.5 Å². The third-order valence-electron chi connectivity index (χ3n) is 5.66. The summed E-state index contributed by atoms with van der Waals surface area (Å²) < 4.78 is 0. The highest BCUT2D eigenvalue weighted by atomic mass is 16.2. The molecule has 1 N–H and O–H groups in total. The Hall–Kier alpha value is -1.35. The maximum atomic E-state index is 13.0. The minimum atomic E-state index is 0.251. The summed E-state index contributed by atoms with van der Waals surface area (Å²) in [5, 5.41) is 3.46. The number of carbonyl (C=O) groups excluding carboxylic acids is 1. The molecule has 1 saturated carbocycles. The van der Waals surface area contributed by atoms with Gasteiger partial charge in [-0.1, -0.05) is 24.3 Å². The molecule has 3 heteroatoms. The molecular weight excluding hydrogens is 260 g/mol. The Morgan fingerprint density at radius 1 is 1.29 bits per heavy atom. The van der Waals surface area contributed by atoms with Gasteiger partial charge in [0.05, 0.1) is 0 Å². The van der Waals surface area contributed by atoms with E-state index in [1.807, 2.05) is 0 Å². The standard InChI is InChI=1S/C18H24N2O/c1-11-10-20(12(2)9-19-11)18(21)17-15-8-7-13-5-3-4-6-14(13)16(15)17/h3-6,11-12,15-17,19H,7-10H2,1-2H3. The van der Waals surface area contributed by atoms with Crippen molar-refractivity contribution < 1.29 is 4.79 Å². The van der Waals surface area contributed by atoms with Crippen LogP contribution in [0.1, 0.15) is 37.3 Å². The Bertz CT molecular complexity index is 570. The molecule has 1 aliphatic heterocycles. The van der Waals surface area contributed by atoms with Crippen LogP contribution in [0.4, 0.5) is 0 Å². The number of piperazine rings is 1. The summed E-state index contributed by atoms with van der Waals surface area (Å²) in [6.45, 7) is 6.11. The summed E-state index contributed by atoms with van der Waals surface area (Å²) in [7, 11) is 0. The number of nitrogens with one attached hydrogen (secondary N) is 1. The number of carbonyl (C=O) groups is 1. The fourth-order valence-electron chi connectivity index (χ4n) is 4.42. The van der Waals surface area contributed by atoms with Crippen molar-refractivity contribution in [3.8, 4) is 0 Å². The van der Waals surface area contributed by atoms with Crippen molar-refractivity contribution in [2.45, 2.75) is 44.7 Å². The van der Waals surface area contributed by atoms with E-state index in [2.05, 4.69) is 48.3 Å². The van der Waals surface area contributed by atoms with Crippen LogP contribution in [-0.2, 0) is 11.2 Å².